The number of nitrogens with one attached hydrogen (secondary N) is 2. The van der Waals surface area contributed by atoms with Crippen LogP contribution in [-0.4, -0.2) is 32.0 Å². The van der Waals surface area contributed by atoms with Gasteiger partial charge in [-0.3, -0.25) is 9.59 Å². The highest BCUT2D eigenvalue weighted by Crippen LogP contribution is 2.15. The largest absolute Gasteiger partial charge is 0.467 e. The Bertz CT molecular complexity index is 362. The van der Waals surface area contributed by atoms with Crippen molar-refractivity contribution in [3.63, 3.8) is 0 Å². The van der Waals surface area contributed by atoms with Crippen LogP contribution in [0, 0.1) is 0 Å². The molecule has 1 aromatic rings. The maximum absolute atomic E-state index is 11.3. The molecule has 0 aliphatic heterocycles. The monoisotopic (exact) mass is 240 g/mol. The average molecular weight is 240 g/mol. The van der Waals surface area contributed by atoms with Crippen LogP contribution in [0.25, 0.3) is 0 Å². The minimum atomic E-state index is -0.680. The maximum atomic E-state index is 11.3. The minimum Gasteiger partial charge on any atom is -0.467 e. The molecule has 0 saturated heterocycles. The van der Waals surface area contributed by atoms with Crippen molar-refractivity contribution in [2.24, 2.45) is 0 Å². The maximum Gasteiger partial charge on any atom is 0.309 e. The Labute approximate surface area is 99.3 Å². The second-order valence-corrected chi connectivity index (χ2v) is 3.31. The molecule has 0 bridgehead atoms. The number of carbonyl (C=O) groups excluding carboxylic acids is 2. The fourth-order valence-electron chi connectivity index (χ4n) is 1.28. The molecular formula is C11H16N2O4. The number of methoxy groups -OCH3 is 1. The molecule has 1 rings (SSSR count). The quantitative estimate of drug-likeness (QED) is 0.721. The molecule has 17 heavy (non-hydrogen) atoms. The van der Waals surface area contributed by atoms with Crippen LogP contribution in [0.5, 0.6) is 0 Å². The van der Waals surface area contributed by atoms with E-state index in [9.17, 15) is 9.59 Å². The zero-order valence-electron chi connectivity index (χ0n) is 9.86. The first-order chi connectivity index (χ1) is 8.19. The van der Waals surface area contributed by atoms with E-state index in [4.69, 9.17) is 9.15 Å². The van der Waals surface area contributed by atoms with Crippen LogP contribution in [0.15, 0.2) is 22.8 Å². The summed E-state index contributed by atoms with van der Waals surface area (Å²) >= 11 is 0. The molecule has 0 aliphatic carbocycles. The van der Waals surface area contributed by atoms with Gasteiger partial charge in [0.1, 0.15) is 11.9 Å². The standard InChI is InChI=1S/C11H16N2O4/c1-3-12-10(14)11(15)13-7-9(16-2)8-5-4-6-17-8/h4-6,9H,3,7H2,1-2H3,(H,12,14)(H,13,15). The predicted octanol–water partition coefficient (Wildman–Crippen LogP) is 0.219. The summed E-state index contributed by atoms with van der Waals surface area (Å²) < 4.78 is 10.3. The summed E-state index contributed by atoms with van der Waals surface area (Å²) in [6.45, 7) is 2.34. The Morgan fingerprint density at radius 2 is 2.12 bits per heavy atom. The molecule has 0 spiro atoms. The number of likely N-dealkylation sites (N-methyl/N-ethyl adjacent to an activating group) is 1. The van der Waals surface area contributed by atoms with Crippen LogP contribution < -0.4 is 10.6 Å². The van der Waals surface area contributed by atoms with E-state index >= 15 is 0 Å². The average Bonchev–Trinajstić information content (AvgIpc) is 2.83. The summed E-state index contributed by atoms with van der Waals surface area (Å²) in [5.41, 5.74) is 0. The van der Waals surface area contributed by atoms with Gasteiger partial charge in [0.2, 0.25) is 0 Å². The van der Waals surface area contributed by atoms with Gasteiger partial charge in [-0.2, -0.15) is 0 Å². The first kappa shape index (κ1) is 13.2. The molecule has 1 heterocycles. The minimum absolute atomic E-state index is 0.181. The van der Waals surface area contributed by atoms with E-state index in [1.165, 1.54) is 13.4 Å². The Balaban J connectivity index is 2.43. The Morgan fingerprint density at radius 3 is 2.65 bits per heavy atom. The van der Waals surface area contributed by atoms with E-state index in [-0.39, 0.29) is 6.54 Å². The molecule has 1 aromatic heterocycles. The summed E-state index contributed by atoms with van der Waals surface area (Å²) in [4.78, 5) is 22.5. The van der Waals surface area contributed by atoms with Crippen molar-refractivity contribution in [3.8, 4) is 0 Å². The van der Waals surface area contributed by atoms with Gasteiger partial charge in [0.25, 0.3) is 0 Å². The van der Waals surface area contributed by atoms with E-state index in [2.05, 4.69) is 10.6 Å². The van der Waals surface area contributed by atoms with Crippen molar-refractivity contribution < 1.29 is 18.7 Å². The van der Waals surface area contributed by atoms with Crippen LogP contribution in [-0.2, 0) is 14.3 Å². The van der Waals surface area contributed by atoms with Gasteiger partial charge in [0, 0.05) is 13.7 Å². The topological polar surface area (TPSA) is 80.6 Å². The van der Waals surface area contributed by atoms with E-state index in [1.807, 2.05) is 0 Å². The molecule has 2 N–H and O–H groups in total. The molecule has 0 radical (unpaired) electrons. The highest BCUT2D eigenvalue weighted by molar-refractivity contribution is 6.35. The molecule has 1 unspecified atom stereocenters. The van der Waals surface area contributed by atoms with Gasteiger partial charge in [-0.1, -0.05) is 0 Å². The van der Waals surface area contributed by atoms with E-state index in [1.54, 1.807) is 19.1 Å². The zero-order chi connectivity index (χ0) is 12.7. The molecular weight excluding hydrogens is 224 g/mol. The lowest BCUT2D eigenvalue weighted by molar-refractivity contribution is -0.139. The third-order valence-electron chi connectivity index (χ3n) is 2.14. The zero-order valence-corrected chi connectivity index (χ0v) is 9.86. The van der Waals surface area contributed by atoms with Crippen LogP contribution in [0.4, 0.5) is 0 Å². The number of carbonyl (C=O) groups is 2. The van der Waals surface area contributed by atoms with Crippen molar-refractivity contribution >= 4 is 11.8 Å². The molecule has 2 amide bonds. The third kappa shape index (κ3) is 3.92. The van der Waals surface area contributed by atoms with Crippen molar-refractivity contribution in [1.29, 1.82) is 0 Å². The molecule has 0 saturated carbocycles. The number of ether oxygens (including phenoxy) is 1. The molecule has 0 fully saturated rings. The van der Waals surface area contributed by atoms with E-state index in [0.29, 0.717) is 12.3 Å². The van der Waals surface area contributed by atoms with Gasteiger partial charge in [-0.05, 0) is 19.1 Å². The van der Waals surface area contributed by atoms with Crippen LogP contribution in [0.2, 0.25) is 0 Å². The molecule has 6 heteroatoms. The first-order valence-electron chi connectivity index (χ1n) is 5.31. The van der Waals surface area contributed by atoms with Crippen molar-refractivity contribution in [1.82, 2.24) is 10.6 Å². The highest BCUT2D eigenvalue weighted by atomic mass is 16.5. The van der Waals surface area contributed by atoms with Gasteiger partial charge in [0.15, 0.2) is 0 Å². The first-order valence-corrected chi connectivity index (χ1v) is 5.31. The lowest BCUT2D eigenvalue weighted by Gasteiger charge is -2.13. The fourth-order valence-corrected chi connectivity index (χ4v) is 1.28. The smallest absolute Gasteiger partial charge is 0.309 e. The van der Waals surface area contributed by atoms with Crippen LogP contribution >= 0.6 is 0 Å². The van der Waals surface area contributed by atoms with Gasteiger partial charge >= 0.3 is 11.8 Å². The third-order valence-corrected chi connectivity index (χ3v) is 2.14. The highest BCUT2D eigenvalue weighted by Gasteiger charge is 2.17. The van der Waals surface area contributed by atoms with Crippen molar-refractivity contribution in [3.05, 3.63) is 24.2 Å². The lowest BCUT2D eigenvalue weighted by atomic mass is 10.2. The normalized spacial score (nSPS) is 11.9. The second-order valence-electron chi connectivity index (χ2n) is 3.31. The van der Waals surface area contributed by atoms with Gasteiger partial charge in [0.05, 0.1) is 12.8 Å². The Morgan fingerprint density at radius 1 is 1.41 bits per heavy atom. The summed E-state index contributed by atoms with van der Waals surface area (Å²) in [5.74, 6) is -0.731. The number of hydrogen-bond donors (Lipinski definition) is 2. The number of hydrogen-bond acceptors (Lipinski definition) is 4. The van der Waals surface area contributed by atoms with Gasteiger partial charge in [-0.15, -0.1) is 0 Å². The number of rotatable bonds is 5. The van der Waals surface area contributed by atoms with Crippen molar-refractivity contribution in [2.75, 3.05) is 20.2 Å². The molecule has 1 atom stereocenters. The van der Waals surface area contributed by atoms with Crippen molar-refractivity contribution in [2.45, 2.75) is 13.0 Å². The second kappa shape index (κ2) is 6.70. The molecule has 6 nitrogen and oxygen atoms in total. The predicted molar refractivity (Wildman–Crippen MR) is 60.2 cm³/mol. The lowest BCUT2D eigenvalue weighted by Crippen LogP contribution is -2.41. The number of furan rings is 1. The summed E-state index contributed by atoms with van der Waals surface area (Å²) in [7, 11) is 1.51. The van der Waals surface area contributed by atoms with E-state index in [0.717, 1.165) is 0 Å². The summed E-state index contributed by atoms with van der Waals surface area (Å²) in [6, 6.07) is 3.47. The Hall–Kier alpha value is -1.82. The molecule has 94 valence electrons. The molecule has 0 aromatic carbocycles. The number of amides is 2. The van der Waals surface area contributed by atoms with E-state index < -0.39 is 17.9 Å². The SMILES string of the molecule is CCNC(=O)C(=O)NCC(OC)c1ccco1. The Kier molecular flexibility index (Phi) is 5.22. The van der Waals surface area contributed by atoms with Crippen LogP contribution in [0.1, 0.15) is 18.8 Å². The fraction of sp³-hybridized carbons (Fsp3) is 0.455. The summed E-state index contributed by atoms with van der Waals surface area (Å²) in [6.07, 6.45) is 1.12. The summed E-state index contributed by atoms with van der Waals surface area (Å²) in [5, 5.41) is 4.88. The van der Waals surface area contributed by atoms with Gasteiger partial charge in [-0.25, -0.2) is 0 Å². The van der Waals surface area contributed by atoms with Crippen LogP contribution in [0.3, 0.4) is 0 Å². The van der Waals surface area contributed by atoms with Gasteiger partial charge < -0.3 is 19.8 Å². The molecule has 0 aliphatic rings.